The van der Waals surface area contributed by atoms with Crippen LogP contribution in [0.5, 0.6) is 5.75 Å². The largest absolute Gasteiger partial charge is 0.491 e. The minimum absolute atomic E-state index is 0.103. The van der Waals surface area contributed by atoms with Crippen LogP contribution in [0.4, 0.5) is 5.69 Å². The number of carbonyl (C=O) groups excluding carboxylic acids is 1. The van der Waals surface area contributed by atoms with Crippen LogP contribution in [0, 0.1) is 0 Å². The number of nitrogen functional groups attached to an aromatic ring is 1. The molecule has 1 aromatic rings. The number of carbonyl (C=O) groups is 1. The smallest absolute Gasteiger partial charge is 0.255 e. The molecule has 0 aromatic heterocycles. The molecule has 0 spiro atoms. The molecule has 1 aliphatic heterocycles. The highest BCUT2D eigenvalue weighted by molar-refractivity contribution is 5.98. The molecular formula is C16H25N3O2. The summed E-state index contributed by atoms with van der Waals surface area (Å²) in [5, 5.41) is 3.03. The monoisotopic (exact) mass is 291 g/mol. The Morgan fingerprint density at radius 2 is 2.14 bits per heavy atom. The second-order valence-corrected chi connectivity index (χ2v) is 5.54. The second kappa shape index (κ2) is 7.31. The summed E-state index contributed by atoms with van der Waals surface area (Å²) in [5.74, 6) is 0.350. The highest BCUT2D eigenvalue weighted by atomic mass is 16.5. The fraction of sp³-hybridized carbons (Fsp3) is 0.562. The Bertz CT molecular complexity index is 484. The Hall–Kier alpha value is -1.75. The van der Waals surface area contributed by atoms with Crippen LogP contribution in [-0.4, -0.2) is 43.1 Å². The average molecular weight is 291 g/mol. The Morgan fingerprint density at radius 3 is 2.81 bits per heavy atom. The zero-order valence-corrected chi connectivity index (χ0v) is 12.9. The van der Waals surface area contributed by atoms with Gasteiger partial charge in [0.05, 0.1) is 17.9 Å². The van der Waals surface area contributed by atoms with Gasteiger partial charge < -0.3 is 20.7 Å². The van der Waals surface area contributed by atoms with Crippen LogP contribution in [0.3, 0.4) is 0 Å². The van der Waals surface area contributed by atoms with E-state index < -0.39 is 0 Å². The molecule has 0 aliphatic carbocycles. The zero-order valence-electron chi connectivity index (χ0n) is 12.9. The lowest BCUT2D eigenvalue weighted by Crippen LogP contribution is -2.41. The summed E-state index contributed by atoms with van der Waals surface area (Å²) in [4.78, 5) is 14.8. The van der Waals surface area contributed by atoms with Gasteiger partial charge in [-0.3, -0.25) is 4.79 Å². The van der Waals surface area contributed by atoms with E-state index in [1.54, 1.807) is 18.2 Å². The molecule has 1 saturated heterocycles. The number of benzene rings is 1. The first-order valence-electron chi connectivity index (χ1n) is 7.66. The van der Waals surface area contributed by atoms with Crippen molar-refractivity contribution in [3.05, 3.63) is 23.8 Å². The molecule has 2 rings (SSSR count). The SMILES string of the molecule is CCOc1c(N)cccc1C(=O)NC(C)CN1CCCC1. The van der Waals surface area contributed by atoms with Crippen molar-refractivity contribution < 1.29 is 9.53 Å². The first-order valence-corrected chi connectivity index (χ1v) is 7.66. The standard InChI is InChI=1S/C16H25N3O2/c1-3-21-15-13(7-6-8-14(15)17)16(20)18-12(2)11-19-9-4-5-10-19/h6-8,12H,3-5,9-11,17H2,1-2H3,(H,18,20). The molecule has 1 atom stereocenters. The Kier molecular flexibility index (Phi) is 5.44. The fourth-order valence-electron chi connectivity index (χ4n) is 2.74. The first kappa shape index (κ1) is 15.6. The van der Waals surface area contributed by atoms with Gasteiger partial charge in [0.25, 0.3) is 5.91 Å². The van der Waals surface area contributed by atoms with Gasteiger partial charge >= 0.3 is 0 Å². The van der Waals surface area contributed by atoms with Gasteiger partial charge in [-0.2, -0.15) is 0 Å². The molecule has 1 amide bonds. The van der Waals surface area contributed by atoms with E-state index in [1.165, 1.54) is 12.8 Å². The number of ether oxygens (including phenoxy) is 1. The summed E-state index contributed by atoms with van der Waals surface area (Å²) < 4.78 is 5.51. The highest BCUT2D eigenvalue weighted by Gasteiger charge is 2.19. The Morgan fingerprint density at radius 1 is 1.43 bits per heavy atom. The number of rotatable bonds is 6. The maximum absolute atomic E-state index is 12.4. The third-order valence-electron chi connectivity index (χ3n) is 3.69. The van der Waals surface area contributed by atoms with Crippen LogP contribution in [0.15, 0.2) is 18.2 Å². The van der Waals surface area contributed by atoms with Crippen LogP contribution in [0.2, 0.25) is 0 Å². The van der Waals surface area contributed by atoms with Crippen LogP contribution >= 0.6 is 0 Å². The van der Waals surface area contributed by atoms with Gasteiger partial charge in [0.15, 0.2) is 5.75 Å². The van der Waals surface area contributed by atoms with Crippen molar-refractivity contribution >= 4 is 11.6 Å². The summed E-state index contributed by atoms with van der Waals surface area (Å²) in [5.41, 5.74) is 6.90. The summed E-state index contributed by atoms with van der Waals surface area (Å²) in [7, 11) is 0. The lowest BCUT2D eigenvalue weighted by Gasteiger charge is -2.22. The summed E-state index contributed by atoms with van der Waals surface area (Å²) in [6, 6.07) is 5.37. The number of hydrogen-bond donors (Lipinski definition) is 2. The zero-order chi connectivity index (χ0) is 15.2. The average Bonchev–Trinajstić information content (AvgIpc) is 2.93. The van der Waals surface area contributed by atoms with Crippen LogP contribution in [0.1, 0.15) is 37.0 Å². The lowest BCUT2D eigenvalue weighted by atomic mass is 10.1. The van der Waals surface area contributed by atoms with Gasteiger partial charge in [0, 0.05) is 12.6 Å². The molecule has 1 aliphatic rings. The summed E-state index contributed by atoms with van der Waals surface area (Å²) >= 11 is 0. The van der Waals surface area contributed by atoms with Gasteiger partial charge in [0.2, 0.25) is 0 Å². The lowest BCUT2D eigenvalue weighted by molar-refractivity contribution is 0.0928. The highest BCUT2D eigenvalue weighted by Crippen LogP contribution is 2.26. The Labute approximate surface area is 126 Å². The van der Waals surface area contributed by atoms with Crippen molar-refractivity contribution in [2.24, 2.45) is 0 Å². The third kappa shape index (κ3) is 4.11. The van der Waals surface area contributed by atoms with Crippen molar-refractivity contribution in [1.82, 2.24) is 10.2 Å². The van der Waals surface area contributed by atoms with E-state index in [0.29, 0.717) is 23.6 Å². The van der Waals surface area contributed by atoms with Crippen LogP contribution in [0.25, 0.3) is 0 Å². The maximum Gasteiger partial charge on any atom is 0.255 e. The van der Waals surface area contributed by atoms with Gasteiger partial charge in [-0.1, -0.05) is 6.07 Å². The number of amides is 1. The van der Waals surface area contributed by atoms with E-state index in [0.717, 1.165) is 19.6 Å². The molecule has 1 heterocycles. The molecular weight excluding hydrogens is 266 g/mol. The molecule has 116 valence electrons. The maximum atomic E-state index is 12.4. The predicted octanol–water partition coefficient (Wildman–Crippen LogP) is 1.88. The van der Waals surface area contributed by atoms with E-state index in [9.17, 15) is 4.79 Å². The van der Waals surface area contributed by atoms with Crippen molar-refractivity contribution in [3.63, 3.8) is 0 Å². The van der Waals surface area contributed by atoms with Crippen LogP contribution < -0.4 is 15.8 Å². The quantitative estimate of drug-likeness (QED) is 0.785. The first-order chi connectivity index (χ1) is 10.1. The van der Waals surface area contributed by atoms with Gasteiger partial charge in [-0.15, -0.1) is 0 Å². The van der Waals surface area contributed by atoms with E-state index >= 15 is 0 Å². The fourth-order valence-corrected chi connectivity index (χ4v) is 2.74. The molecule has 1 unspecified atom stereocenters. The van der Waals surface area contributed by atoms with Gasteiger partial charge in [-0.25, -0.2) is 0 Å². The normalized spacial score (nSPS) is 16.7. The van der Waals surface area contributed by atoms with Crippen LogP contribution in [-0.2, 0) is 0 Å². The van der Waals surface area contributed by atoms with Crippen molar-refractivity contribution in [2.75, 3.05) is 32.0 Å². The minimum atomic E-state index is -0.127. The number of nitrogens with zero attached hydrogens (tertiary/aromatic N) is 1. The Balaban J connectivity index is 2.00. The predicted molar refractivity (Wildman–Crippen MR) is 84.6 cm³/mol. The van der Waals surface area contributed by atoms with E-state index in [-0.39, 0.29) is 11.9 Å². The van der Waals surface area contributed by atoms with Crippen molar-refractivity contribution in [3.8, 4) is 5.75 Å². The second-order valence-electron chi connectivity index (χ2n) is 5.54. The van der Waals surface area contributed by atoms with Gasteiger partial charge in [-0.05, 0) is 51.9 Å². The molecule has 1 fully saturated rings. The van der Waals surface area contributed by atoms with E-state index in [4.69, 9.17) is 10.5 Å². The summed E-state index contributed by atoms with van der Waals surface area (Å²) in [6.45, 7) is 7.54. The number of hydrogen-bond acceptors (Lipinski definition) is 4. The molecule has 0 radical (unpaired) electrons. The molecule has 21 heavy (non-hydrogen) atoms. The molecule has 0 saturated carbocycles. The topological polar surface area (TPSA) is 67.6 Å². The molecule has 0 bridgehead atoms. The number of nitrogens with one attached hydrogen (secondary N) is 1. The van der Waals surface area contributed by atoms with Crippen molar-refractivity contribution in [2.45, 2.75) is 32.7 Å². The minimum Gasteiger partial charge on any atom is -0.491 e. The molecule has 3 N–H and O–H groups in total. The van der Waals surface area contributed by atoms with E-state index in [1.807, 2.05) is 13.8 Å². The molecule has 5 nitrogen and oxygen atoms in total. The van der Waals surface area contributed by atoms with Crippen molar-refractivity contribution in [1.29, 1.82) is 0 Å². The van der Waals surface area contributed by atoms with Gasteiger partial charge in [0.1, 0.15) is 0 Å². The number of likely N-dealkylation sites (tertiary alicyclic amines) is 1. The molecule has 5 heteroatoms. The number of para-hydroxylation sites is 1. The number of anilines is 1. The number of nitrogens with two attached hydrogens (primary N) is 1. The molecule has 1 aromatic carbocycles. The third-order valence-corrected chi connectivity index (χ3v) is 3.69. The van der Waals surface area contributed by atoms with E-state index in [2.05, 4.69) is 10.2 Å². The summed E-state index contributed by atoms with van der Waals surface area (Å²) in [6.07, 6.45) is 2.51.